The van der Waals surface area contributed by atoms with Crippen molar-refractivity contribution < 1.29 is 4.79 Å². The molecule has 2 heterocycles. The summed E-state index contributed by atoms with van der Waals surface area (Å²) in [4.78, 5) is 14.3. The lowest BCUT2D eigenvalue weighted by atomic mass is 9.91. The first-order chi connectivity index (χ1) is 9.79. The van der Waals surface area contributed by atoms with Crippen LogP contribution in [0.2, 0.25) is 0 Å². The number of carbonyl (C=O) groups is 1. The SMILES string of the molecule is CCCCC1CCN(CCCC(=O)n2ccnn2)CC1. The van der Waals surface area contributed by atoms with E-state index in [1.165, 1.54) is 49.9 Å². The number of aromatic nitrogens is 3. The lowest BCUT2D eigenvalue weighted by Gasteiger charge is -2.31. The van der Waals surface area contributed by atoms with Gasteiger partial charge in [0.1, 0.15) is 0 Å². The number of nitrogens with zero attached hydrogens (tertiary/aromatic N) is 4. The molecule has 0 amide bonds. The maximum absolute atomic E-state index is 11.8. The summed E-state index contributed by atoms with van der Waals surface area (Å²) in [6, 6.07) is 0. The van der Waals surface area contributed by atoms with Crippen LogP contribution in [-0.4, -0.2) is 45.4 Å². The molecule has 1 aliphatic rings. The molecule has 5 heteroatoms. The molecule has 1 aromatic rings. The highest BCUT2D eigenvalue weighted by Crippen LogP contribution is 2.22. The fourth-order valence-electron chi connectivity index (χ4n) is 2.90. The molecule has 0 N–H and O–H groups in total. The molecule has 0 aromatic carbocycles. The molecule has 2 rings (SSSR count). The van der Waals surface area contributed by atoms with Crippen LogP contribution in [0.4, 0.5) is 0 Å². The van der Waals surface area contributed by atoms with E-state index in [-0.39, 0.29) is 5.91 Å². The Hall–Kier alpha value is -1.23. The third kappa shape index (κ3) is 4.71. The summed E-state index contributed by atoms with van der Waals surface area (Å²) in [5.74, 6) is 0.975. The summed E-state index contributed by atoms with van der Waals surface area (Å²) in [7, 11) is 0. The molecule has 0 bridgehead atoms. The number of unbranched alkanes of at least 4 members (excludes halogenated alkanes) is 1. The van der Waals surface area contributed by atoms with Gasteiger partial charge in [0.25, 0.3) is 0 Å². The Kier molecular flexibility index (Phi) is 6.18. The normalized spacial score (nSPS) is 17.4. The minimum Gasteiger partial charge on any atom is -0.303 e. The fourth-order valence-corrected chi connectivity index (χ4v) is 2.90. The van der Waals surface area contributed by atoms with Crippen LogP contribution >= 0.6 is 0 Å². The quantitative estimate of drug-likeness (QED) is 0.769. The van der Waals surface area contributed by atoms with Gasteiger partial charge >= 0.3 is 0 Å². The summed E-state index contributed by atoms with van der Waals surface area (Å²) < 4.78 is 1.33. The van der Waals surface area contributed by atoms with E-state index in [9.17, 15) is 4.79 Å². The molecule has 1 saturated heterocycles. The van der Waals surface area contributed by atoms with E-state index in [4.69, 9.17) is 0 Å². The number of hydrogen-bond acceptors (Lipinski definition) is 4. The van der Waals surface area contributed by atoms with Gasteiger partial charge < -0.3 is 4.90 Å². The maximum Gasteiger partial charge on any atom is 0.248 e. The maximum atomic E-state index is 11.8. The summed E-state index contributed by atoms with van der Waals surface area (Å²) in [6.07, 6.45) is 11.4. The number of rotatable bonds is 7. The van der Waals surface area contributed by atoms with Crippen molar-refractivity contribution in [2.45, 2.75) is 51.9 Å². The molecular formula is C15H26N4O. The summed E-state index contributed by atoms with van der Waals surface area (Å²) in [5.41, 5.74) is 0. The van der Waals surface area contributed by atoms with Crippen molar-refractivity contribution in [3.63, 3.8) is 0 Å². The lowest BCUT2D eigenvalue weighted by molar-refractivity contribution is 0.0871. The molecule has 112 valence electrons. The van der Waals surface area contributed by atoms with Gasteiger partial charge in [0.05, 0.1) is 12.4 Å². The van der Waals surface area contributed by atoms with E-state index < -0.39 is 0 Å². The molecule has 20 heavy (non-hydrogen) atoms. The van der Waals surface area contributed by atoms with Gasteiger partial charge in [-0.15, -0.1) is 5.10 Å². The third-order valence-corrected chi connectivity index (χ3v) is 4.22. The zero-order chi connectivity index (χ0) is 14.2. The average molecular weight is 278 g/mol. The van der Waals surface area contributed by atoms with Crippen molar-refractivity contribution in [2.24, 2.45) is 5.92 Å². The Morgan fingerprint density at radius 2 is 2.10 bits per heavy atom. The van der Waals surface area contributed by atoms with E-state index in [1.54, 1.807) is 12.4 Å². The summed E-state index contributed by atoms with van der Waals surface area (Å²) >= 11 is 0. The van der Waals surface area contributed by atoms with Crippen LogP contribution in [0.3, 0.4) is 0 Å². The Balaban J connectivity index is 1.58. The first-order valence-corrected chi connectivity index (χ1v) is 7.91. The predicted molar refractivity (Wildman–Crippen MR) is 78.6 cm³/mol. The van der Waals surface area contributed by atoms with Gasteiger partial charge in [0, 0.05) is 6.42 Å². The van der Waals surface area contributed by atoms with Gasteiger partial charge in [0.2, 0.25) is 5.91 Å². The molecule has 1 aromatic heterocycles. The number of likely N-dealkylation sites (tertiary alicyclic amines) is 1. The van der Waals surface area contributed by atoms with Crippen LogP contribution in [0, 0.1) is 5.92 Å². The van der Waals surface area contributed by atoms with Crippen molar-refractivity contribution in [3.8, 4) is 0 Å². The van der Waals surface area contributed by atoms with Crippen molar-refractivity contribution in [1.29, 1.82) is 0 Å². The van der Waals surface area contributed by atoms with E-state index >= 15 is 0 Å². The molecule has 1 fully saturated rings. The standard InChI is InChI=1S/C15H26N4O/c1-2-3-5-14-7-11-18(12-8-14)10-4-6-15(20)19-13-9-16-17-19/h9,13-14H,2-8,10-12H2,1H3. The van der Waals surface area contributed by atoms with Crippen LogP contribution in [0.1, 0.15) is 56.7 Å². The minimum atomic E-state index is 0.0420. The predicted octanol–water partition coefficient (Wildman–Crippen LogP) is 2.60. The number of carbonyl (C=O) groups excluding carboxylic acids is 1. The minimum absolute atomic E-state index is 0.0420. The first kappa shape index (κ1) is 15.2. The fraction of sp³-hybridized carbons (Fsp3) is 0.800. The Labute approximate surface area is 121 Å². The van der Waals surface area contributed by atoms with Crippen LogP contribution in [-0.2, 0) is 0 Å². The summed E-state index contributed by atoms with van der Waals surface area (Å²) in [6.45, 7) is 5.69. The highest BCUT2D eigenvalue weighted by Gasteiger charge is 2.18. The average Bonchev–Trinajstić information content (AvgIpc) is 3.00. The van der Waals surface area contributed by atoms with Crippen molar-refractivity contribution in [2.75, 3.05) is 19.6 Å². The van der Waals surface area contributed by atoms with Gasteiger partial charge in [0.15, 0.2) is 0 Å². The van der Waals surface area contributed by atoms with Gasteiger partial charge in [-0.2, -0.15) is 4.68 Å². The molecule has 0 spiro atoms. The molecule has 5 nitrogen and oxygen atoms in total. The second-order valence-corrected chi connectivity index (χ2v) is 5.77. The van der Waals surface area contributed by atoms with Crippen LogP contribution < -0.4 is 0 Å². The molecule has 0 radical (unpaired) electrons. The van der Waals surface area contributed by atoms with Crippen LogP contribution in [0.25, 0.3) is 0 Å². The highest BCUT2D eigenvalue weighted by atomic mass is 16.2. The van der Waals surface area contributed by atoms with E-state index in [1.807, 2.05) is 0 Å². The molecule has 1 aliphatic heterocycles. The second-order valence-electron chi connectivity index (χ2n) is 5.77. The van der Waals surface area contributed by atoms with Crippen molar-refractivity contribution in [1.82, 2.24) is 19.9 Å². The Bertz CT molecular complexity index is 383. The Morgan fingerprint density at radius 1 is 1.30 bits per heavy atom. The highest BCUT2D eigenvalue weighted by molar-refractivity contribution is 5.77. The molecule has 0 aliphatic carbocycles. The van der Waals surface area contributed by atoms with Gasteiger partial charge in [-0.1, -0.05) is 31.4 Å². The third-order valence-electron chi connectivity index (χ3n) is 4.22. The zero-order valence-corrected chi connectivity index (χ0v) is 12.5. The van der Waals surface area contributed by atoms with Gasteiger partial charge in [-0.3, -0.25) is 4.79 Å². The zero-order valence-electron chi connectivity index (χ0n) is 12.5. The smallest absolute Gasteiger partial charge is 0.248 e. The molecule has 0 unspecified atom stereocenters. The summed E-state index contributed by atoms with van der Waals surface area (Å²) in [5, 5.41) is 7.38. The second kappa shape index (κ2) is 8.15. The van der Waals surface area contributed by atoms with E-state index in [0.29, 0.717) is 6.42 Å². The Morgan fingerprint density at radius 3 is 2.75 bits per heavy atom. The number of piperidine rings is 1. The number of hydrogen-bond donors (Lipinski definition) is 0. The van der Waals surface area contributed by atoms with E-state index in [0.717, 1.165) is 18.9 Å². The molecule has 0 saturated carbocycles. The van der Waals surface area contributed by atoms with Crippen molar-refractivity contribution >= 4 is 5.91 Å². The van der Waals surface area contributed by atoms with Gasteiger partial charge in [-0.25, -0.2) is 0 Å². The molecular weight excluding hydrogens is 252 g/mol. The first-order valence-electron chi connectivity index (χ1n) is 7.91. The van der Waals surface area contributed by atoms with Crippen LogP contribution in [0.5, 0.6) is 0 Å². The lowest BCUT2D eigenvalue weighted by Crippen LogP contribution is -2.34. The topological polar surface area (TPSA) is 51.0 Å². The van der Waals surface area contributed by atoms with Gasteiger partial charge in [-0.05, 0) is 44.8 Å². The van der Waals surface area contributed by atoms with E-state index in [2.05, 4.69) is 22.1 Å². The van der Waals surface area contributed by atoms with Crippen molar-refractivity contribution in [3.05, 3.63) is 12.4 Å². The molecule has 0 atom stereocenters. The largest absolute Gasteiger partial charge is 0.303 e. The van der Waals surface area contributed by atoms with Crippen LogP contribution in [0.15, 0.2) is 12.4 Å². The monoisotopic (exact) mass is 278 g/mol.